The molecule has 1 aromatic carbocycles. The fourth-order valence-corrected chi connectivity index (χ4v) is 3.36. The summed E-state index contributed by atoms with van der Waals surface area (Å²) in [5.74, 6) is 0. The molecule has 0 fully saturated rings. The van der Waals surface area contributed by atoms with Crippen LogP contribution >= 0.6 is 15.9 Å². The van der Waals surface area contributed by atoms with Crippen molar-refractivity contribution in [3.8, 4) is 0 Å². The molecule has 1 rings (SSSR count). The maximum Gasteiger partial charge on any atom is 0.407 e. The van der Waals surface area contributed by atoms with E-state index >= 15 is 0 Å². The Morgan fingerprint density at radius 3 is 2.57 bits per heavy atom. The van der Waals surface area contributed by atoms with Crippen molar-refractivity contribution in [2.45, 2.75) is 37.7 Å². The average Bonchev–Trinajstić information content (AvgIpc) is 2.39. The van der Waals surface area contributed by atoms with Crippen molar-refractivity contribution in [1.82, 2.24) is 10.0 Å². The molecule has 0 heterocycles. The Morgan fingerprint density at radius 2 is 1.96 bits per heavy atom. The molecule has 1 amide bonds. The van der Waals surface area contributed by atoms with E-state index in [1.807, 2.05) is 0 Å². The van der Waals surface area contributed by atoms with Crippen molar-refractivity contribution in [1.29, 1.82) is 0 Å². The van der Waals surface area contributed by atoms with Crippen LogP contribution in [0.2, 0.25) is 0 Å². The summed E-state index contributed by atoms with van der Waals surface area (Å²) < 4.78 is 32.5. The van der Waals surface area contributed by atoms with E-state index in [9.17, 15) is 13.2 Å². The number of nitrogen functional groups attached to an aromatic ring is 1. The number of benzene rings is 1. The lowest BCUT2D eigenvalue weighted by atomic mass is 10.2. The van der Waals surface area contributed by atoms with Gasteiger partial charge in [0.1, 0.15) is 10.5 Å². The van der Waals surface area contributed by atoms with E-state index in [0.717, 1.165) is 0 Å². The summed E-state index contributed by atoms with van der Waals surface area (Å²) >= 11 is 3.21. The zero-order valence-electron chi connectivity index (χ0n) is 13.3. The van der Waals surface area contributed by atoms with Gasteiger partial charge in [0.15, 0.2) is 0 Å². The first-order valence-electron chi connectivity index (χ1n) is 7.03. The molecule has 7 nitrogen and oxygen atoms in total. The molecule has 0 aliphatic rings. The molecule has 0 saturated carbocycles. The topological polar surface area (TPSA) is 111 Å². The Kier molecular flexibility index (Phi) is 6.84. The van der Waals surface area contributed by atoms with Crippen LogP contribution in [0.4, 0.5) is 10.5 Å². The van der Waals surface area contributed by atoms with Crippen LogP contribution in [0.5, 0.6) is 0 Å². The van der Waals surface area contributed by atoms with Gasteiger partial charge in [-0.15, -0.1) is 0 Å². The number of anilines is 1. The molecule has 130 valence electrons. The number of nitrogens with one attached hydrogen (secondary N) is 2. The van der Waals surface area contributed by atoms with Crippen molar-refractivity contribution in [3.05, 3.63) is 22.7 Å². The molecule has 0 spiro atoms. The Hall–Kier alpha value is -1.32. The van der Waals surface area contributed by atoms with E-state index in [0.29, 0.717) is 17.4 Å². The maximum atomic E-state index is 12.2. The third-order valence-corrected chi connectivity index (χ3v) is 4.59. The molecule has 0 atom stereocenters. The summed E-state index contributed by atoms with van der Waals surface area (Å²) in [6.45, 7) is 5.77. The van der Waals surface area contributed by atoms with Gasteiger partial charge < -0.3 is 15.8 Å². The number of ether oxygens (including phenoxy) is 1. The summed E-state index contributed by atoms with van der Waals surface area (Å²) in [7, 11) is -3.69. The van der Waals surface area contributed by atoms with Gasteiger partial charge in [0, 0.05) is 17.6 Å². The second kappa shape index (κ2) is 7.98. The van der Waals surface area contributed by atoms with Crippen LogP contribution in [0.3, 0.4) is 0 Å². The molecular weight excluding hydrogens is 386 g/mol. The van der Waals surface area contributed by atoms with Crippen LogP contribution in [-0.4, -0.2) is 33.2 Å². The highest BCUT2D eigenvalue weighted by Gasteiger charge is 2.18. The van der Waals surface area contributed by atoms with E-state index in [4.69, 9.17) is 10.5 Å². The van der Waals surface area contributed by atoms with Crippen molar-refractivity contribution in [3.63, 3.8) is 0 Å². The Labute approximate surface area is 145 Å². The lowest BCUT2D eigenvalue weighted by molar-refractivity contribution is 0.0527. The van der Waals surface area contributed by atoms with Gasteiger partial charge in [0.25, 0.3) is 0 Å². The Balaban J connectivity index is 2.43. The molecule has 0 saturated heterocycles. The minimum Gasteiger partial charge on any atom is -0.444 e. The fourth-order valence-electron chi connectivity index (χ4n) is 1.62. The number of alkyl carbamates (subject to hydrolysis) is 1. The predicted octanol–water partition coefficient (Wildman–Crippen LogP) is 2.22. The van der Waals surface area contributed by atoms with Crippen LogP contribution in [0.1, 0.15) is 27.2 Å². The standard InChI is InChI=1S/C14H22BrN3O4S/c1-14(2,3)22-13(19)17-7-4-8-18-23(20,21)12-9-10(15)5-6-11(12)16/h5-6,9,18H,4,7-8,16H2,1-3H3,(H,17,19). The van der Waals surface area contributed by atoms with E-state index in [-0.39, 0.29) is 17.1 Å². The molecule has 0 aromatic heterocycles. The van der Waals surface area contributed by atoms with Crippen LogP contribution in [0, 0.1) is 0 Å². The predicted molar refractivity (Wildman–Crippen MR) is 92.6 cm³/mol. The highest BCUT2D eigenvalue weighted by molar-refractivity contribution is 9.10. The molecule has 0 unspecified atom stereocenters. The first-order chi connectivity index (χ1) is 10.5. The third-order valence-electron chi connectivity index (χ3n) is 2.58. The molecule has 0 aliphatic heterocycles. The third kappa shape index (κ3) is 7.19. The monoisotopic (exact) mass is 407 g/mol. The quantitative estimate of drug-likeness (QED) is 0.494. The van der Waals surface area contributed by atoms with Gasteiger partial charge in [-0.25, -0.2) is 17.9 Å². The zero-order valence-corrected chi connectivity index (χ0v) is 15.8. The number of carbonyl (C=O) groups excluding carboxylic acids is 1. The fraction of sp³-hybridized carbons (Fsp3) is 0.500. The van der Waals surface area contributed by atoms with Gasteiger partial charge in [-0.2, -0.15) is 0 Å². The van der Waals surface area contributed by atoms with Gasteiger partial charge >= 0.3 is 6.09 Å². The zero-order chi connectivity index (χ0) is 17.7. The number of sulfonamides is 1. The molecule has 0 radical (unpaired) electrons. The van der Waals surface area contributed by atoms with Crippen LogP contribution in [0.15, 0.2) is 27.6 Å². The number of hydrogen-bond donors (Lipinski definition) is 3. The highest BCUT2D eigenvalue weighted by Crippen LogP contribution is 2.22. The van der Waals surface area contributed by atoms with Gasteiger partial charge in [0.05, 0.1) is 5.69 Å². The SMILES string of the molecule is CC(C)(C)OC(=O)NCCCNS(=O)(=O)c1cc(Br)ccc1N. The number of nitrogens with two attached hydrogens (primary N) is 1. The summed E-state index contributed by atoms with van der Waals surface area (Å²) in [6.07, 6.45) is -0.108. The summed E-state index contributed by atoms with van der Waals surface area (Å²) in [6, 6.07) is 4.62. The summed E-state index contributed by atoms with van der Waals surface area (Å²) in [5.41, 5.74) is 5.30. The van der Waals surface area contributed by atoms with Crippen molar-refractivity contribution < 1.29 is 17.9 Å². The Morgan fingerprint density at radius 1 is 1.30 bits per heavy atom. The van der Waals surface area contributed by atoms with E-state index in [1.54, 1.807) is 26.8 Å². The largest absolute Gasteiger partial charge is 0.444 e. The minimum absolute atomic E-state index is 0.0203. The number of rotatable bonds is 6. The summed E-state index contributed by atoms with van der Waals surface area (Å²) in [5, 5.41) is 2.56. The normalized spacial score (nSPS) is 12.0. The molecule has 1 aromatic rings. The molecule has 0 aliphatic carbocycles. The molecule has 0 bridgehead atoms. The molecular formula is C14H22BrN3O4S. The first kappa shape index (κ1) is 19.7. The van der Waals surface area contributed by atoms with Crippen LogP contribution < -0.4 is 15.8 Å². The number of amides is 1. The first-order valence-corrected chi connectivity index (χ1v) is 9.30. The van der Waals surface area contributed by atoms with Gasteiger partial charge in [-0.1, -0.05) is 15.9 Å². The number of carbonyl (C=O) groups is 1. The smallest absolute Gasteiger partial charge is 0.407 e. The van der Waals surface area contributed by atoms with Gasteiger partial charge in [0.2, 0.25) is 10.0 Å². The van der Waals surface area contributed by atoms with Crippen molar-refractivity contribution in [2.24, 2.45) is 0 Å². The summed E-state index contributed by atoms with van der Waals surface area (Å²) in [4.78, 5) is 11.4. The van der Waals surface area contributed by atoms with E-state index in [2.05, 4.69) is 26.0 Å². The molecule has 4 N–H and O–H groups in total. The van der Waals surface area contributed by atoms with Gasteiger partial charge in [-0.05, 0) is 45.4 Å². The van der Waals surface area contributed by atoms with Crippen molar-refractivity contribution >= 4 is 37.7 Å². The number of hydrogen-bond acceptors (Lipinski definition) is 5. The second-order valence-electron chi connectivity index (χ2n) is 5.86. The lowest BCUT2D eigenvalue weighted by Gasteiger charge is -2.19. The number of halogens is 1. The Bertz CT molecular complexity index is 656. The lowest BCUT2D eigenvalue weighted by Crippen LogP contribution is -2.34. The average molecular weight is 408 g/mol. The van der Waals surface area contributed by atoms with E-state index in [1.165, 1.54) is 12.1 Å². The van der Waals surface area contributed by atoms with Crippen LogP contribution in [0.25, 0.3) is 0 Å². The highest BCUT2D eigenvalue weighted by atomic mass is 79.9. The van der Waals surface area contributed by atoms with Gasteiger partial charge in [-0.3, -0.25) is 0 Å². The maximum absolute atomic E-state index is 12.2. The van der Waals surface area contributed by atoms with Crippen LogP contribution in [-0.2, 0) is 14.8 Å². The van der Waals surface area contributed by atoms with E-state index < -0.39 is 21.7 Å². The minimum atomic E-state index is -3.69. The van der Waals surface area contributed by atoms with Crippen molar-refractivity contribution in [2.75, 3.05) is 18.8 Å². The second-order valence-corrected chi connectivity index (χ2v) is 8.51. The molecule has 23 heavy (non-hydrogen) atoms. The molecule has 9 heteroatoms.